The summed E-state index contributed by atoms with van der Waals surface area (Å²) in [6, 6.07) is 10.9. The Morgan fingerprint density at radius 1 is 1.19 bits per heavy atom. The first-order valence-electron chi connectivity index (χ1n) is 8.01. The Bertz CT molecular complexity index is 1070. The fourth-order valence-electron chi connectivity index (χ4n) is 2.52. The summed E-state index contributed by atoms with van der Waals surface area (Å²) in [5, 5.41) is 0.553. The van der Waals surface area contributed by atoms with Crippen LogP contribution in [0.15, 0.2) is 57.9 Å². The summed E-state index contributed by atoms with van der Waals surface area (Å²) in [5.41, 5.74) is 4.57. The Kier molecular flexibility index (Phi) is 4.89. The van der Waals surface area contributed by atoms with Crippen molar-refractivity contribution in [1.29, 1.82) is 0 Å². The van der Waals surface area contributed by atoms with E-state index in [1.165, 1.54) is 18.2 Å². The van der Waals surface area contributed by atoms with Gasteiger partial charge >= 0.3 is 6.18 Å². The van der Waals surface area contributed by atoms with Crippen molar-refractivity contribution in [1.82, 2.24) is 0 Å². The van der Waals surface area contributed by atoms with Gasteiger partial charge in [0.25, 0.3) is 5.91 Å². The van der Waals surface area contributed by atoms with E-state index in [4.69, 9.17) is 14.9 Å². The van der Waals surface area contributed by atoms with Crippen molar-refractivity contribution in [2.45, 2.75) is 13.1 Å². The lowest BCUT2D eigenvalue weighted by Crippen LogP contribution is -2.21. The van der Waals surface area contributed by atoms with Gasteiger partial charge in [0.2, 0.25) is 5.55 Å². The van der Waals surface area contributed by atoms with Gasteiger partial charge < -0.3 is 14.9 Å². The normalized spacial score (nSPS) is 12.4. The maximum absolute atomic E-state index is 12.9. The highest BCUT2D eigenvalue weighted by Gasteiger charge is 2.30. The van der Waals surface area contributed by atoms with Crippen LogP contribution in [0.5, 0.6) is 5.75 Å². The SMILES string of the molecule is CCOc1cccc2cc(C(N)=O)c(=Nc3cccc(C(F)(F)F)c3)oc12. The molecule has 27 heavy (non-hydrogen) atoms. The van der Waals surface area contributed by atoms with E-state index in [9.17, 15) is 18.0 Å². The Morgan fingerprint density at radius 2 is 1.93 bits per heavy atom. The number of nitrogens with two attached hydrogens (primary N) is 1. The molecule has 1 amide bonds. The fraction of sp³-hybridized carbons (Fsp3) is 0.158. The third-order valence-electron chi connectivity index (χ3n) is 3.71. The number of halogens is 3. The van der Waals surface area contributed by atoms with Gasteiger partial charge in [-0.2, -0.15) is 13.2 Å². The summed E-state index contributed by atoms with van der Waals surface area (Å²) in [5.74, 6) is -0.389. The Balaban J connectivity index is 2.26. The Labute approximate surface area is 151 Å². The summed E-state index contributed by atoms with van der Waals surface area (Å²) in [4.78, 5) is 15.8. The number of carbonyl (C=O) groups is 1. The second-order valence-corrected chi connectivity index (χ2v) is 5.60. The molecule has 0 fully saturated rings. The van der Waals surface area contributed by atoms with E-state index in [1.54, 1.807) is 25.1 Å². The van der Waals surface area contributed by atoms with E-state index in [2.05, 4.69) is 4.99 Å². The zero-order valence-electron chi connectivity index (χ0n) is 14.2. The van der Waals surface area contributed by atoms with Gasteiger partial charge in [-0.25, -0.2) is 4.99 Å². The van der Waals surface area contributed by atoms with Crippen molar-refractivity contribution in [3.63, 3.8) is 0 Å². The summed E-state index contributed by atoms with van der Waals surface area (Å²) in [6.45, 7) is 2.18. The maximum atomic E-state index is 12.9. The molecular weight excluding hydrogens is 361 g/mol. The summed E-state index contributed by atoms with van der Waals surface area (Å²) in [7, 11) is 0. The number of benzene rings is 2. The number of hydrogen-bond donors (Lipinski definition) is 1. The van der Waals surface area contributed by atoms with Crippen molar-refractivity contribution in [2.75, 3.05) is 6.61 Å². The molecular formula is C19H15F3N2O3. The van der Waals surface area contributed by atoms with Crippen LogP contribution in [0, 0.1) is 0 Å². The van der Waals surface area contributed by atoms with Gasteiger partial charge in [-0.15, -0.1) is 0 Å². The number of amides is 1. The lowest BCUT2D eigenvalue weighted by atomic mass is 10.1. The van der Waals surface area contributed by atoms with Crippen LogP contribution in [0.3, 0.4) is 0 Å². The largest absolute Gasteiger partial charge is 0.490 e. The maximum Gasteiger partial charge on any atom is 0.416 e. The van der Waals surface area contributed by atoms with Crippen molar-refractivity contribution < 1.29 is 27.1 Å². The molecule has 2 aromatic carbocycles. The van der Waals surface area contributed by atoms with E-state index in [0.29, 0.717) is 23.3 Å². The predicted octanol–water partition coefficient (Wildman–Crippen LogP) is 4.18. The zero-order chi connectivity index (χ0) is 19.6. The van der Waals surface area contributed by atoms with Crippen LogP contribution in [-0.2, 0) is 6.18 Å². The lowest BCUT2D eigenvalue weighted by Gasteiger charge is -2.08. The second kappa shape index (κ2) is 7.14. The number of carbonyl (C=O) groups excluding carboxylic acids is 1. The van der Waals surface area contributed by atoms with Crippen LogP contribution >= 0.6 is 0 Å². The molecule has 0 aliphatic rings. The van der Waals surface area contributed by atoms with E-state index in [-0.39, 0.29) is 16.8 Å². The smallest absolute Gasteiger partial charge is 0.416 e. The molecule has 0 aliphatic carbocycles. The standard InChI is InChI=1S/C19H15F3N2O3/c1-2-26-15-8-3-5-11-9-14(17(23)25)18(27-16(11)15)24-13-7-4-6-12(10-13)19(20,21)22/h3-10H,2H2,1H3,(H2,23,25). The summed E-state index contributed by atoms with van der Waals surface area (Å²) < 4.78 is 49.9. The zero-order valence-corrected chi connectivity index (χ0v) is 14.2. The molecule has 140 valence electrons. The first-order valence-corrected chi connectivity index (χ1v) is 8.01. The van der Waals surface area contributed by atoms with E-state index in [0.717, 1.165) is 12.1 Å². The molecule has 0 aliphatic heterocycles. The Morgan fingerprint density at radius 3 is 2.59 bits per heavy atom. The third-order valence-corrected chi connectivity index (χ3v) is 3.71. The summed E-state index contributed by atoms with van der Waals surface area (Å²) >= 11 is 0. The van der Waals surface area contributed by atoms with E-state index < -0.39 is 17.6 Å². The molecule has 5 nitrogen and oxygen atoms in total. The van der Waals surface area contributed by atoms with Crippen LogP contribution in [-0.4, -0.2) is 12.5 Å². The van der Waals surface area contributed by atoms with Gasteiger partial charge in [0.05, 0.1) is 17.9 Å². The van der Waals surface area contributed by atoms with Crippen LogP contribution in [0.25, 0.3) is 11.0 Å². The van der Waals surface area contributed by atoms with Gasteiger partial charge in [-0.05, 0) is 37.3 Å². The molecule has 0 unspecified atom stereocenters. The molecule has 1 aromatic heterocycles. The first-order chi connectivity index (χ1) is 12.8. The number of primary amides is 1. The van der Waals surface area contributed by atoms with Crippen molar-refractivity contribution in [3.05, 3.63) is 65.2 Å². The van der Waals surface area contributed by atoms with Crippen LogP contribution in [0.4, 0.5) is 18.9 Å². The monoisotopic (exact) mass is 376 g/mol. The lowest BCUT2D eigenvalue weighted by molar-refractivity contribution is -0.137. The van der Waals surface area contributed by atoms with Gasteiger partial charge in [0, 0.05) is 5.39 Å². The predicted molar refractivity (Wildman–Crippen MR) is 92.6 cm³/mol. The number of rotatable bonds is 4. The van der Waals surface area contributed by atoms with Gasteiger partial charge in [-0.3, -0.25) is 4.79 Å². The minimum atomic E-state index is -4.51. The number of ether oxygens (including phenoxy) is 1. The van der Waals surface area contributed by atoms with Gasteiger partial charge in [-0.1, -0.05) is 18.2 Å². The molecule has 1 heterocycles. The second-order valence-electron chi connectivity index (χ2n) is 5.60. The minimum absolute atomic E-state index is 0.0238. The van der Waals surface area contributed by atoms with Gasteiger partial charge in [0.1, 0.15) is 5.56 Å². The molecule has 0 spiro atoms. The summed E-state index contributed by atoms with van der Waals surface area (Å²) in [6.07, 6.45) is -4.51. The highest BCUT2D eigenvalue weighted by atomic mass is 19.4. The number of hydrogen-bond acceptors (Lipinski definition) is 4. The quantitative estimate of drug-likeness (QED) is 0.742. The molecule has 3 aromatic rings. The molecule has 0 bridgehead atoms. The number of alkyl halides is 3. The molecule has 3 rings (SSSR count). The highest BCUT2D eigenvalue weighted by Crippen LogP contribution is 2.31. The first kappa shape index (κ1) is 18.5. The van der Waals surface area contributed by atoms with Crippen molar-refractivity contribution in [2.24, 2.45) is 10.7 Å². The van der Waals surface area contributed by atoms with E-state index >= 15 is 0 Å². The van der Waals surface area contributed by atoms with E-state index in [1.807, 2.05) is 0 Å². The molecule has 0 saturated heterocycles. The molecule has 0 saturated carbocycles. The molecule has 2 N–H and O–H groups in total. The Hall–Kier alpha value is -3.29. The highest BCUT2D eigenvalue weighted by molar-refractivity contribution is 5.96. The number of nitrogens with zero attached hydrogens (tertiary/aromatic N) is 1. The van der Waals surface area contributed by atoms with Crippen molar-refractivity contribution in [3.8, 4) is 5.75 Å². The van der Waals surface area contributed by atoms with Crippen LogP contribution in [0.1, 0.15) is 22.8 Å². The average Bonchev–Trinajstić information content (AvgIpc) is 2.61. The number of para-hydroxylation sites is 1. The average molecular weight is 376 g/mol. The van der Waals surface area contributed by atoms with Gasteiger partial charge in [0.15, 0.2) is 11.3 Å². The molecule has 0 atom stereocenters. The molecule has 0 radical (unpaired) electrons. The number of fused-ring (bicyclic) bond motifs is 1. The minimum Gasteiger partial charge on any atom is -0.490 e. The fourth-order valence-corrected chi connectivity index (χ4v) is 2.52. The van der Waals surface area contributed by atoms with Crippen LogP contribution < -0.4 is 16.0 Å². The third kappa shape index (κ3) is 3.94. The van der Waals surface area contributed by atoms with Crippen LogP contribution in [0.2, 0.25) is 0 Å². The topological polar surface area (TPSA) is 77.8 Å². The molecule has 8 heteroatoms. The van der Waals surface area contributed by atoms with Crippen molar-refractivity contribution >= 4 is 22.6 Å².